The Morgan fingerprint density at radius 2 is 2.06 bits per heavy atom. The maximum Gasteiger partial charge on any atom is 0.319 e. The minimum Gasteiger partial charge on any atom is -0.395 e. The zero-order valence-electron chi connectivity index (χ0n) is 9.19. The van der Waals surface area contributed by atoms with Crippen LogP contribution in [0.5, 0.6) is 0 Å². The summed E-state index contributed by atoms with van der Waals surface area (Å²) in [6, 6.07) is 7.40. The third-order valence-electron chi connectivity index (χ3n) is 1.92. The number of carbonyl (C=O) groups is 1. The molecule has 3 N–H and O–H groups in total. The fraction of sp³-hybridized carbons (Fsp3) is 0.364. The molecular formula is C11H16N2O2S. The summed E-state index contributed by atoms with van der Waals surface area (Å²) in [6.07, 6.45) is 2.05. The Kier molecular flexibility index (Phi) is 5.74. The van der Waals surface area contributed by atoms with Gasteiger partial charge in [-0.15, -0.1) is 0 Å². The van der Waals surface area contributed by atoms with Crippen molar-refractivity contribution in [1.29, 1.82) is 0 Å². The van der Waals surface area contributed by atoms with E-state index in [9.17, 15) is 4.79 Å². The molecule has 0 saturated heterocycles. The second-order valence-corrected chi connectivity index (χ2v) is 4.10. The van der Waals surface area contributed by atoms with Crippen LogP contribution in [0.25, 0.3) is 0 Å². The van der Waals surface area contributed by atoms with Crippen LogP contribution in [0, 0.1) is 0 Å². The topological polar surface area (TPSA) is 61.4 Å². The average molecular weight is 240 g/mol. The molecule has 0 saturated carbocycles. The summed E-state index contributed by atoms with van der Waals surface area (Å²) in [6.45, 7) is 0.205. The molecular weight excluding hydrogens is 224 g/mol. The van der Waals surface area contributed by atoms with Crippen molar-refractivity contribution in [2.24, 2.45) is 0 Å². The number of aliphatic hydroxyl groups excluding tert-OH is 1. The number of aliphatic hydroxyl groups is 1. The summed E-state index contributed by atoms with van der Waals surface area (Å²) in [4.78, 5) is 11.2. The monoisotopic (exact) mass is 240 g/mol. The van der Waals surface area contributed by atoms with E-state index in [1.54, 1.807) is 11.8 Å². The van der Waals surface area contributed by atoms with Gasteiger partial charge >= 0.3 is 6.03 Å². The lowest BCUT2D eigenvalue weighted by atomic mass is 10.2. The Balaban J connectivity index is 2.45. The summed E-state index contributed by atoms with van der Waals surface area (Å²) in [7, 11) is 0. The average Bonchev–Trinajstić information content (AvgIpc) is 2.29. The first-order valence-electron chi connectivity index (χ1n) is 5.00. The highest BCUT2D eigenvalue weighted by atomic mass is 32.2. The molecule has 2 amide bonds. The Labute approximate surface area is 99.4 Å². The predicted molar refractivity (Wildman–Crippen MR) is 67.8 cm³/mol. The van der Waals surface area contributed by atoms with Crippen molar-refractivity contribution < 1.29 is 9.90 Å². The number of nitrogens with one attached hydrogen (secondary N) is 2. The van der Waals surface area contributed by atoms with Crippen LogP contribution in [0.2, 0.25) is 0 Å². The first-order chi connectivity index (χ1) is 7.76. The van der Waals surface area contributed by atoms with Crippen molar-refractivity contribution in [2.45, 2.75) is 5.75 Å². The number of rotatable bonds is 5. The Morgan fingerprint density at radius 3 is 2.62 bits per heavy atom. The number of carbonyl (C=O) groups excluding carboxylic acids is 1. The standard InChI is InChI=1S/C11H16N2O2S/c1-16-8-9-2-4-10(5-3-9)13-11(15)12-6-7-14/h2-5,14H,6-8H2,1H3,(H2,12,13,15). The van der Waals surface area contributed by atoms with Gasteiger partial charge in [-0.05, 0) is 24.0 Å². The first-order valence-corrected chi connectivity index (χ1v) is 6.39. The molecule has 88 valence electrons. The van der Waals surface area contributed by atoms with Gasteiger partial charge in [-0.25, -0.2) is 4.79 Å². The van der Waals surface area contributed by atoms with Crippen LogP contribution in [0.3, 0.4) is 0 Å². The van der Waals surface area contributed by atoms with E-state index in [4.69, 9.17) is 5.11 Å². The van der Waals surface area contributed by atoms with Crippen molar-refractivity contribution in [3.8, 4) is 0 Å². The minimum atomic E-state index is -0.299. The van der Waals surface area contributed by atoms with E-state index in [2.05, 4.69) is 16.9 Å². The fourth-order valence-corrected chi connectivity index (χ4v) is 1.72. The molecule has 4 nitrogen and oxygen atoms in total. The summed E-state index contributed by atoms with van der Waals surface area (Å²) in [5, 5.41) is 13.7. The molecule has 16 heavy (non-hydrogen) atoms. The first kappa shape index (κ1) is 12.9. The van der Waals surface area contributed by atoms with Gasteiger partial charge in [0.05, 0.1) is 6.61 Å². The van der Waals surface area contributed by atoms with E-state index in [1.807, 2.05) is 24.3 Å². The van der Waals surface area contributed by atoms with Crippen LogP contribution in [0.15, 0.2) is 24.3 Å². The van der Waals surface area contributed by atoms with Gasteiger partial charge in [0, 0.05) is 18.0 Å². The van der Waals surface area contributed by atoms with Gasteiger partial charge in [-0.3, -0.25) is 0 Å². The molecule has 0 spiro atoms. The molecule has 0 radical (unpaired) electrons. The van der Waals surface area contributed by atoms with Gasteiger partial charge in [0.25, 0.3) is 0 Å². The second kappa shape index (κ2) is 7.14. The van der Waals surface area contributed by atoms with E-state index >= 15 is 0 Å². The molecule has 0 aliphatic carbocycles. The quantitative estimate of drug-likeness (QED) is 0.733. The van der Waals surface area contributed by atoms with E-state index < -0.39 is 0 Å². The minimum absolute atomic E-state index is 0.0555. The van der Waals surface area contributed by atoms with Gasteiger partial charge in [0.2, 0.25) is 0 Å². The predicted octanol–water partition coefficient (Wildman–Crippen LogP) is 1.66. The van der Waals surface area contributed by atoms with Crippen LogP contribution in [-0.2, 0) is 5.75 Å². The van der Waals surface area contributed by atoms with E-state index in [-0.39, 0.29) is 19.2 Å². The summed E-state index contributed by atoms with van der Waals surface area (Å²) < 4.78 is 0. The molecule has 0 aliphatic heterocycles. The van der Waals surface area contributed by atoms with Crippen molar-refractivity contribution >= 4 is 23.5 Å². The van der Waals surface area contributed by atoms with Crippen LogP contribution in [0.4, 0.5) is 10.5 Å². The van der Waals surface area contributed by atoms with Crippen LogP contribution < -0.4 is 10.6 Å². The number of anilines is 1. The maximum absolute atomic E-state index is 11.2. The smallest absolute Gasteiger partial charge is 0.319 e. The normalized spacial score (nSPS) is 9.88. The Bertz CT molecular complexity index is 327. The van der Waals surface area contributed by atoms with Gasteiger partial charge in [-0.1, -0.05) is 12.1 Å². The number of hydrogen-bond donors (Lipinski definition) is 3. The van der Waals surface area contributed by atoms with Gasteiger partial charge in [0.1, 0.15) is 0 Å². The van der Waals surface area contributed by atoms with Gasteiger partial charge in [0.15, 0.2) is 0 Å². The van der Waals surface area contributed by atoms with Crippen LogP contribution >= 0.6 is 11.8 Å². The molecule has 0 aromatic heterocycles. The van der Waals surface area contributed by atoms with Crippen molar-refractivity contribution in [3.05, 3.63) is 29.8 Å². The number of hydrogen-bond acceptors (Lipinski definition) is 3. The van der Waals surface area contributed by atoms with E-state index in [0.29, 0.717) is 0 Å². The lowest BCUT2D eigenvalue weighted by Crippen LogP contribution is -2.30. The molecule has 1 rings (SSSR count). The third-order valence-corrected chi connectivity index (χ3v) is 2.54. The highest BCUT2D eigenvalue weighted by Crippen LogP contribution is 2.13. The highest BCUT2D eigenvalue weighted by molar-refractivity contribution is 7.97. The van der Waals surface area contributed by atoms with Crippen molar-refractivity contribution in [2.75, 3.05) is 24.7 Å². The molecule has 0 atom stereocenters. The Morgan fingerprint density at radius 1 is 1.38 bits per heavy atom. The van der Waals surface area contributed by atoms with Crippen LogP contribution in [0.1, 0.15) is 5.56 Å². The largest absolute Gasteiger partial charge is 0.395 e. The fourth-order valence-electron chi connectivity index (χ4n) is 1.20. The van der Waals surface area contributed by atoms with Gasteiger partial charge < -0.3 is 15.7 Å². The van der Waals surface area contributed by atoms with Crippen molar-refractivity contribution in [1.82, 2.24) is 5.32 Å². The molecule has 1 aromatic carbocycles. The lowest BCUT2D eigenvalue weighted by Gasteiger charge is -2.07. The molecule has 0 heterocycles. The second-order valence-electron chi connectivity index (χ2n) is 3.23. The number of amides is 2. The highest BCUT2D eigenvalue weighted by Gasteiger charge is 2.00. The molecule has 0 bridgehead atoms. The summed E-state index contributed by atoms with van der Waals surface area (Å²) in [5.41, 5.74) is 1.98. The summed E-state index contributed by atoms with van der Waals surface area (Å²) in [5.74, 6) is 0.969. The maximum atomic E-state index is 11.2. The van der Waals surface area contributed by atoms with Crippen LogP contribution in [-0.4, -0.2) is 30.5 Å². The lowest BCUT2D eigenvalue weighted by molar-refractivity contribution is 0.245. The number of thioether (sulfide) groups is 1. The summed E-state index contributed by atoms with van der Waals surface area (Å²) >= 11 is 1.76. The SMILES string of the molecule is CSCc1ccc(NC(=O)NCCO)cc1. The number of benzene rings is 1. The molecule has 1 aromatic rings. The molecule has 0 aliphatic rings. The van der Waals surface area contributed by atoms with Crippen molar-refractivity contribution in [3.63, 3.8) is 0 Å². The zero-order chi connectivity index (χ0) is 11.8. The zero-order valence-corrected chi connectivity index (χ0v) is 10.0. The molecule has 0 fully saturated rings. The third kappa shape index (κ3) is 4.55. The molecule has 5 heteroatoms. The van der Waals surface area contributed by atoms with Gasteiger partial charge in [-0.2, -0.15) is 11.8 Å². The number of urea groups is 1. The Hall–Kier alpha value is -1.20. The molecule has 0 unspecified atom stereocenters. The van der Waals surface area contributed by atoms with E-state index in [0.717, 1.165) is 11.4 Å². The van der Waals surface area contributed by atoms with E-state index in [1.165, 1.54) is 5.56 Å².